The molecule has 0 bridgehead atoms. The molecule has 0 aliphatic carbocycles. The largest absolute Gasteiger partial charge is 0.0622 e. The molecule has 94 valence electrons. The predicted molar refractivity (Wildman–Crippen MR) is 84.7 cm³/mol. The van der Waals surface area contributed by atoms with E-state index in [1.165, 1.54) is 16.7 Å². The van der Waals surface area contributed by atoms with Crippen LogP contribution < -0.4 is 0 Å². The van der Waals surface area contributed by atoms with Crippen molar-refractivity contribution in [2.45, 2.75) is 6.92 Å². The van der Waals surface area contributed by atoms with Crippen LogP contribution in [0.4, 0.5) is 0 Å². The van der Waals surface area contributed by atoms with Crippen molar-refractivity contribution in [1.82, 2.24) is 0 Å². The van der Waals surface area contributed by atoms with Crippen LogP contribution in [0.15, 0.2) is 85.0 Å². The van der Waals surface area contributed by atoms with Crippen LogP contribution in [0.5, 0.6) is 0 Å². The summed E-state index contributed by atoms with van der Waals surface area (Å²) in [5.41, 5.74) is 3.75. The molecule has 0 heterocycles. The average Bonchev–Trinajstić information content (AvgIpc) is 2.49. The van der Waals surface area contributed by atoms with Gasteiger partial charge in [-0.05, 0) is 23.6 Å². The van der Waals surface area contributed by atoms with Gasteiger partial charge in [-0.25, -0.2) is 0 Å². The van der Waals surface area contributed by atoms with Gasteiger partial charge in [0, 0.05) is 0 Å². The van der Waals surface area contributed by atoms with Crippen molar-refractivity contribution in [2.75, 3.05) is 0 Å². The maximum Gasteiger partial charge on any atom is -0.0227 e. The molecule has 0 fully saturated rings. The molecule has 2 aromatic rings. The summed E-state index contributed by atoms with van der Waals surface area (Å²) >= 11 is 0. The Bertz CT molecular complexity index is 572. The molecule has 0 aliphatic rings. The van der Waals surface area contributed by atoms with E-state index in [9.17, 15) is 0 Å². The van der Waals surface area contributed by atoms with Gasteiger partial charge in [-0.3, -0.25) is 0 Å². The Kier molecular flexibility index (Phi) is 4.95. The van der Waals surface area contributed by atoms with E-state index in [1.54, 1.807) is 0 Å². The minimum absolute atomic E-state index is 1.22. The highest BCUT2D eigenvalue weighted by Gasteiger charge is 1.90. The maximum atomic E-state index is 2.13. The van der Waals surface area contributed by atoms with Crippen LogP contribution in [-0.4, -0.2) is 0 Å². The van der Waals surface area contributed by atoms with Gasteiger partial charge in [0.15, 0.2) is 0 Å². The Balaban J connectivity index is 1.95. The van der Waals surface area contributed by atoms with Gasteiger partial charge in [-0.2, -0.15) is 0 Å². The minimum Gasteiger partial charge on any atom is -0.0622 e. The van der Waals surface area contributed by atoms with Crippen molar-refractivity contribution in [3.8, 4) is 0 Å². The predicted octanol–water partition coefficient (Wildman–Crippen LogP) is 5.36. The summed E-state index contributed by atoms with van der Waals surface area (Å²) in [5.74, 6) is 0. The highest BCUT2D eigenvalue weighted by atomic mass is 14.0. The van der Waals surface area contributed by atoms with Crippen molar-refractivity contribution in [3.05, 3.63) is 96.1 Å². The van der Waals surface area contributed by atoms with Gasteiger partial charge < -0.3 is 0 Å². The zero-order valence-corrected chi connectivity index (χ0v) is 11.2. The van der Waals surface area contributed by atoms with Crippen LogP contribution in [0.3, 0.4) is 0 Å². The van der Waals surface area contributed by atoms with Gasteiger partial charge in [0.1, 0.15) is 0 Å². The molecule has 0 amide bonds. The molecule has 0 aromatic heterocycles. The van der Waals surface area contributed by atoms with Crippen LogP contribution in [-0.2, 0) is 0 Å². The van der Waals surface area contributed by atoms with E-state index in [0.717, 1.165) is 0 Å². The molecule has 0 N–H and O–H groups in total. The summed E-state index contributed by atoms with van der Waals surface area (Å²) < 4.78 is 0. The molecular formula is C19H18. The monoisotopic (exact) mass is 246 g/mol. The summed E-state index contributed by atoms with van der Waals surface area (Å²) in [6.07, 6.45) is 10.4. The first-order valence-corrected chi connectivity index (χ1v) is 6.48. The van der Waals surface area contributed by atoms with Crippen LogP contribution in [0.2, 0.25) is 0 Å². The average molecular weight is 246 g/mol. The van der Waals surface area contributed by atoms with E-state index in [-0.39, 0.29) is 0 Å². The second-order valence-electron chi connectivity index (χ2n) is 4.37. The van der Waals surface area contributed by atoms with Crippen LogP contribution in [0.1, 0.15) is 18.1 Å². The molecular weight excluding hydrogens is 228 g/mol. The van der Waals surface area contributed by atoms with Gasteiger partial charge in [0.05, 0.1) is 0 Å². The standard InChI is InChI=1S/C19H18/c1-17(19-15-9-4-10-16-19)11-5-2-6-12-18-13-7-3-8-14-18/h2-16H,1H3/b5-2+,12-6+,17-11+. The Morgan fingerprint density at radius 2 is 1.37 bits per heavy atom. The molecule has 0 saturated heterocycles. The van der Waals surface area contributed by atoms with Crippen LogP contribution in [0, 0.1) is 0 Å². The Hall–Kier alpha value is -2.34. The van der Waals surface area contributed by atoms with Gasteiger partial charge in [0.2, 0.25) is 0 Å². The van der Waals surface area contributed by atoms with E-state index >= 15 is 0 Å². The Labute approximate surface area is 115 Å². The molecule has 2 rings (SSSR count). The smallest absolute Gasteiger partial charge is 0.0227 e. The third-order valence-electron chi connectivity index (χ3n) is 2.89. The quantitative estimate of drug-likeness (QED) is 0.637. The summed E-state index contributed by atoms with van der Waals surface area (Å²) in [4.78, 5) is 0. The van der Waals surface area contributed by atoms with E-state index in [2.05, 4.69) is 73.7 Å². The van der Waals surface area contributed by atoms with E-state index in [0.29, 0.717) is 0 Å². The number of hydrogen-bond donors (Lipinski definition) is 0. The molecule has 0 aliphatic heterocycles. The van der Waals surface area contributed by atoms with Crippen LogP contribution in [0.25, 0.3) is 11.6 Å². The molecule has 0 atom stereocenters. The fourth-order valence-corrected chi connectivity index (χ4v) is 1.79. The van der Waals surface area contributed by atoms with Gasteiger partial charge in [-0.15, -0.1) is 0 Å². The maximum absolute atomic E-state index is 2.13. The second kappa shape index (κ2) is 7.17. The van der Waals surface area contributed by atoms with Crippen molar-refractivity contribution in [1.29, 1.82) is 0 Å². The summed E-state index contributed by atoms with van der Waals surface area (Å²) in [6, 6.07) is 20.7. The summed E-state index contributed by atoms with van der Waals surface area (Å²) in [7, 11) is 0. The molecule has 2 aromatic carbocycles. The highest BCUT2D eigenvalue weighted by Crippen LogP contribution is 2.12. The molecule has 0 radical (unpaired) electrons. The van der Waals surface area contributed by atoms with Gasteiger partial charge >= 0.3 is 0 Å². The van der Waals surface area contributed by atoms with Crippen molar-refractivity contribution in [3.63, 3.8) is 0 Å². The zero-order chi connectivity index (χ0) is 13.3. The molecule has 0 unspecified atom stereocenters. The van der Waals surface area contributed by atoms with Crippen LogP contribution >= 0.6 is 0 Å². The minimum atomic E-state index is 1.22. The number of rotatable bonds is 4. The fourth-order valence-electron chi connectivity index (χ4n) is 1.79. The fraction of sp³-hybridized carbons (Fsp3) is 0.0526. The SMILES string of the molecule is C\C(=C/C=C/C=C/c1ccccc1)c1ccccc1. The van der Waals surface area contributed by atoms with E-state index < -0.39 is 0 Å². The number of benzene rings is 2. The number of hydrogen-bond acceptors (Lipinski definition) is 0. The lowest BCUT2D eigenvalue weighted by atomic mass is 10.1. The summed E-state index contributed by atoms with van der Waals surface area (Å²) in [6.45, 7) is 2.13. The van der Waals surface area contributed by atoms with Crippen molar-refractivity contribution < 1.29 is 0 Å². The number of allylic oxidation sites excluding steroid dienone is 5. The first kappa shape index (κ1) is 13.1. The molecule has 0 saturated carbocycles. The molecule has 0 nitrogen and oxygen atoms in total. The zero-order valence-electron chi connectivity index (χ0n) is 11.2. The third-order valence-corrected chi connectivity index (χ3v) is 2.89. The van der Waals surface area contributed by atoms with Crippen molar-refractivity contribution >= 4 is 11.6 Å². The lowest BCUT2D eigenvalue weighted by Crippen LogP contribution is -1.76. The lowest BCUT2D eigenvalue weighted by molar-refractivity contribution is 1.57. The summed E-state index contributed by atoms with van der Waals surface area (Å²) in [5, 5.41) is 0. The highest BCUT2D eigenvalue weighted by molar-refractivity contribution is 5.65. The molecule has 19 heavy (non-hydrogen) atoms. The molecule has 0 spiro atoms. The normalized spacial score (nSPS) is 12.4. The topological polar surface area (TPSA) is 0 Å². The first-order chi connectivity index (χ1) is 9.36. The van der Waals surface area contributed by atoms with Gasteiger partial charge in [-0.1, -0.05) is 91.0 Å². The van der Waals surface area contributed by atoms with E-state index in [4.69, 9.17) is 0 Å². The third kappa shape index (κ3) is 4.44. The lowest BCUT2D eigenvalue weighted by Gasteiger charge is -1.98. The Morgan fingerprint density at radius 3 is 2.05 bits per heavy atom. The van der Waals surface area contributed by atoms with E-state index in [1.807, 2.05) is 24.3 Å². The molecule has 0 heteroatoms. The van der Waals surface area contributed by atoms with Crippen molar-refractivity contribution in [2.24, 2.45) is 0 Å². The Morgan fingerprint density at radius 1 is 0.737 bits per heavy atom. The van der Waals surface area contributed by atoms with Gasteiger partial charge in [0.25, 0.3) is 0 Å². The second-order valence-corrected chi connectivity index (χ2v) is 4.37. The first-order valence-electron chi connectivity index (χ1n) is 6.48.